The fourth-order valence-corrected chi connectivity index (χ4v) is 2.50. The first-order valence-electron chi connectivity index (χ1n) is 7.67. The van der Waals surface area contributed by atoms with E-state index in [1.807, 2.05) is 0 Å². The third-order valence-electron chi connectivity index (χ3n) is 3.83. The summed E-state index contributed by atoms with van der Waals surface area (Å²) < 4.78 is 38.3. The molecule has 0 aliphatic carbocycles. The van der Waals surface area contributed by atoms with Crippen molar-refractivity contribution in [2.24, 2.45) is 0 Å². The second-order valence-corrected chi connectivity index (χ2v) is 5.71. The molecule has 3 aromatic rings. The molecule has 11 heteroatoms. The second kappa shape index (κ2) is 6.76. The molecule has 0 aliphatic heterocycles. The summed E-state index contributed by atoms with van der Waals surface area (Å²) >= 11 is 0. The molecular formula is C17H11F3N4O4. The number of alkyl halides is 3. The van der Waals surface area contributed by atoms with E-state index in [0.29, 0.717) is 0 Å². The molecule has 0 atom stereocenters. The second-order valence-electron chi connectivity index (χ2n) is 5.71. The summed E-state index contributed by atoms with van der Waals surface area (Å²) in [6, 6.07) is 5.47. The fourth-order valence-electron chi connectivity index (χ4n) is 2.50. The highest BCUT2D eigenvalue weighted by Gasteiger charge is 2.32. The SMILES string of the molecule is Cc1nc(C(F)(F)F)ccc1-c1nccc(-c2cc(O)c(O)c([N+](=O)[O-])c2)n1. The Morgan fingerprint density at radius 2 is 1.82 bits per heavy atom. The summed E-state index contributed by atoms with van der Waals surface area (Å²) in [6.07, 6.45) is -3.28. The third kappa shape index (κ3) is 3.54. The lowest BCUT2D eigenvalue weighted by molar-refractivity contribution is -0.385. The van der Waals surface area contributed by atoms with E-state index in [1.165, 1.54) is 25.3 Å². The number of hydrogen-bond acceptors (Lipinski definition) is 7. The number of halogens is 3. The number of nitro groups is 1. The van der Waals surface area contributed by atoms with Crippen LogP contribution < -0.4 is 0 Å². The lowest BCUT2D eigenvalue weighted by atomic mass is 10.1. The zero-order valence-electron chi connectivity index (χ0n) is 14.1. The molecule has 0 saturated carbocycles. The highest BCUT2D eigenvalue weighted by Crippen LogP contribution is 2.39. The maximum atomic E-state index is 12.8. The lowest BCUT2D eigenvalue weighted by Gasteiger charge is -2.10. The highest BCUT2D eigenvalue weighted by atomic mass is 19.4. The number of benzene rings is 1. The van der Waals surface area contributed by atoms with Crippen LogP contribution in [0.25, 0.3) is 22.6 Å². The number of hydrogen-bond donors (Lipinski definition) is 2. The average Bonchev–Trinajstić information content (AvgIpc) is 2.62. The molecule has 0 unspecified atom stereocenters. The van der Waals surface area contributed by atoms with Crippen LogP contribution in [0.2, 0.25) is 0 Å². The van der Waals surface area contributed by atoms with Gasteiger partial charge in [-0.25, -0.2) is 15.0 Å². The van der Waals surface area contributed by atoms with Crippen molar-refractivity contribution in [1.29, 1.82) is 0 Å². The van der Waals surface area contributed by atoms with Crippen molar-refractivity contribution in [2.45, 2.75) is 13.1 Å². The molecule has 144 valence electrons. The molecule has 2 aromatic heterocycles. The third-order valence-corrected chi connectivity index (χ3v) is 3.83. The predicted octanol–water partition coefficient (Wildman–Crippen LogP) is 3.85. The molecule has 8 nitrogen and oxygen atoms in total. The number of nitrogens with zero attached hydrogens (tertiary/aromatic N) is 4. The Morgan fingerprint density at radius 3 is 2.43 bits per heavy atom. The van der Waals surface area contributed by atoms with Crippen LogP contribution in [-0.2, 0) is 6.18 Å². The molecule has 2 N–H and O–H groups in total. The first-order chi connectivity index (χ1) is 13.1. The zero-order valence-corrected chi connectivity index (χ0v) is 14.1. The minimum Gasteiger partial charge on any atom is -0.504 e. The van der Waals surface area contributed by atoms with Crippen LogP contribution in [0.1, 0.15) is 11.4 Å². The van der Waals surface area contributed by atoms with E-state index < -0.39 is 34.0 Å². The topological polar surface area (TPSA) is 122 Å². The van der Waals surface area contributed by atoms with Gasteiger partial charge in [0.15, 0.2) is 11.6 Å². The van der Waals surface area contributed by atoms with Gasteiger partial charge >= 0.3 is 11.9 Å². The minimum absolute atomic E-state index is 0.0476. The summed E-state index contributed by atoms with van der Waals surface area (Å²) in [5.41, 5.74) is -1.21. The van der Waals surface area contributed by atoms with Gasteiger partial charge in [0.1, 0.15) is 5.69 Å². The molecule has 0 saturated heterocycles. The van der Waals surface area contributed by atoms with Crippen LogP contribution in [-0.4, -0.2) is 30.1 Å². The quantitative estimate of drug-likeness (QED) is 0.394. The Labute approximate surface area is 155 Å². The van der Waals surface area contributed by atoms with Gasteiger partial charge in [-0.05, 0) is 31.2 Å². The number of phenolic OH excluding ortho intramolecular Hbond substituents is 2. The van der Waals surface area contributed by atoms with Gasteiger partial charge in [0.2, 0.25) is 5.75 Å². The van der Waals surface area contributed by atoms with E-state index in [4.69, 9.17) is 0 Å². The van der Waals surface area contributed by atoms with E-state index in [0.717, 1.165) is 18.2 Å². The molecule has 0 bridgehead atoms. The molecule has 3 rings (SSSR count). The normalized spacial score (nSPS) is 11.4. The fraction of sp³-hybridized carbons (Fsp3) is 0.118. The summed E-state index contributed by atoms with van der Waals surface area (Å²) in [6.45, 7) is 1.37. The number of aromatic nitrogens is 3. The summed E-state index contributed by atoms with van der Waals surface area (Å²) in [4.78, 5) is 21.9. The van der Waals surface area contributed by atoms with Crippen molar-refractivity contribution < 1.29 is 28.3 Å². The predicted molar refractivity (Wildman–Crippen MR) is 90.4 cm³/mol. The van der Waals surface area contributed by atoms with Gasteiger partial charge in [0.25, 0.3) is 0 Å². The van der Waals surface area contributed by atoms with Gasteiger partial charge in [0.05, 0.1) is 10.6 Å². The molecule has 0 amide bonds. The number of pyridine rings is 1. The van der Waals surface area contributed by atoms with E-state index in [-0.39, 0.29) is 28.3 Å². The molecule has 2 heterocycles. The smallest absolute Gasteiger partial charge is 0.433 e. The molecule has 0 fully saturated rings. The highest BCUT2D eigenvalue weighted by molar-refractivity contribution is 5.71. The summed E-state index contributed by atoms with van der Waals surface area (Å²) in [5, 5.41) is 30.3. The Bertz CT molecular complexity index is 1090. The van der Waals surface area contributed by atoms with Gasteiger partial charge in [-0.1, -0.05) is 0 Å². The van der Waals surface area contributed by atoms with Crippen LogP contribution in [0.3, 0.4) is 0 Å². The largest absolute Gasteiger partial charge is 0.504 e. The number of nitro benzene ring substituents is 1. The van der Waals surface area contributed by atoms with Gasteiger partial charge in [-0.3, -0.25) is 10.1 Å². The first-order valence-corrected chi connectivity index (χ1v) is 7.67. The molecule has 0 spiro atoms. The maximum absolute atomic E-state index is 12.8. The lowest BCUT2D eigenvalue weighted by Crippen LogP contribution is -2.09. The number of aryl methyl sites for hydroxylation is 1. The Morgan fingerprint density at radius 1 is 1.11 bits per heavy atom. The van der Waals surface area contributed by atoms with Crippen molar-refractivity contribution in [2.75, 3.05) is 0 Å². The van der Waals surface area contributed by atoms with Crippen LogP contribution in [0.15, 0.2) is 36.5 Å². The maximum Gasteiger partial charge on any atom is 0.433 e. The van der Waals surface area contributed by atoms with E-state index in [9.17, 15) is 33.5 Å². The van der Waals surface area contributed by atoms with Crippen molar-refractivity contribution in [3.05, 3.63) is 58.0 Å². The van der Waals surface area contributed by atoms with Crippen molar-refractivity contribution in [3.8, 4) is 34.1 Å². The molecule has 1 aromatic carbocycles. The Hall–Kier alpha value is -3.76. The Kier molecular flexibility index (Phi) is 4.59. The van der Waals surface area contributed by atoms with Crippen LogP contribution >= 0.6 is 0 Å². The van der Waals surface area contributed by atoms with Gasteiger partial charge in [-0.2, -0.15) is 13.2 Å². The van der Waals surface area contributed by atoms with Crippen molar-refractivity contribution in [1.82, 2.24) is 15.0 Å². The average molecular weight is 392 g/mol. The van der Waals surface area contributed by atoms with Crippen LogP contribution in [0, 0.1) is 17.0 Å². The molecule has 0 radical (unpaired) electrons. The first kappa shape index (κ1) is 19.0. The minimum atomic E-state index is -4.59. The number of phenols is 2. The number of aromatic hydroxyl groups is 2. The van der Waals surface area contributed by atoms with E-state index >= 15 is 0 Å². The number of rotatable bonds is 3. The van der Waals surface area contributed by atoms with Gasteiger partial charge < -0.3 is 10.2 Å². The summed E-state index contributed by atoms with van der Waals surface area (Å²) in [7, 11) is 0. The van der Waals surface area contributed by atoms with Crippen LogP contribution in [0.5, 0.6) is 11.5 Å². The van der Waals surface area contributed by atoms with Crippen LogP contribution in [0.4, 0.5) is 18.9 Å². The monoisotopic (exact) mass is 392 g/mol. The molecule has 28 heavy (non-hydrogen) atoms. The summed E-state index contributed by atoms with van der Waals surface area (Å²) in [5.74, 6) is -1.55. The van der Waals surface area contributed by atoms with E-state index in [1.54, 1.807) is 0 Å². The van der Waals surface area contributed by atoms with Gasteiger partial charge in [0, 0.05) is 29.1 Å². The molecule has 0 aliphatic rings. The zero-order chi connectivity index (χ0) is 20.6. The Balaban J connectivity index is 2.08. The molecular weight excluding hydrogens is 381 g/mol. The van der Waals surface area contributed by atoms with Gasteiger partial charge in [-0.15, -0.1) is 0 Å². The van der Waals surface area contributed by atoms with E-state index in [2.05, 4.69) is 15.0 Å². The van der Waals surface area contributed by atoms with Crippen molar-refractivity contribution >= 4 is 5.69 Å². The standard InChI is InChI=1S/C17H11F3N4O4/c1-8-10(2-3-14(22-8)17(18,19)20)16-21-5-4-11(23-16)9-6-12(24(27)28)15(26)13(25)7-9/h2-7,25-26H,1H3. The van der Waals surface area contributed by atoms with Crippen molar-refractivity contribution in [3.63, 3.8) is 0 Å².